The smallest absolute Gasteiger partial charge is 0.159 e. The normalized spacial score (nSPS) is 10.6. The van der Waals surface area contributed by atoms with Gasteiger partial charge >= 0.3 is 0 Å². The summed E-state index contributed by atoms with van der Waals surface area (Å²) in [6, 6.07) is 12.5. The Labute approximate surface area is 148 Å². The molecule has 5 heteroatoms. The van der Waals surface area contributed by atoms with Crippen LogP contribution in [0.1, 0.15) is 22.3 Å². The average Bonchev–Trinajstić information content (AvgIpc) is 2.54. The van der Waals surface area contributed by atoms with Crippen LogP contribution in [0.5, 0.6) is 0 Å². The molecule has 0 radical (unpaired) electrons. The Kier molecular flexibility index (Phi) is 4.57. The summed E-state index contributed by atoms with van der Waals surface area (Å²) in [6.45, 7) is 8.23. The van der Waals surface area contributed by atoms with E-state index in [0.717, 1.165) is 16.9 Å². The number of hydrogen-bond donors (Lipinski definition) is 3. The number of nitrogens with two attached hydrogens (primary N) is 1. The monoisotopic (exact) mass is 333 g/mol. The summed E-state index contributed by atoms with van der Waals surface area (Å²) in [6.07, 6.45) is 1.51. The zero-order valence-corrected chi connectivity index (χ0v) is 15.0. The van der Waals surface area contributed by atoms with Gasteiger partial charge in [0.15, 0.2) is 11.6 Å². The van der Waals surface area contributed by atoms with Crippen molar-refractivity contribution in [3.05, 3.63) is 65.0 Å². The molecule has 0 aliphatic rings. The highest BCUT2D eigenvalue weighted by molar-refractivity contribution is 5.81. The fourth-order valence-corrected chi connectivity index (χ4v) is 2.78. The minimum absolute atomic E-state index is 0.488. The number of anilines is 5. The molecule has 0 unspecified atom stereocenters. The number of nitrogen functional groups attached to an aromatic ring is 1. The van der Waals surface area contributed by atoms with E-state index in [9.17, 15) is 0 Å². The second kappa shape index (κ2) is 6.81. The predicted molar refractivity (Wildman–Crippen MR) is 105 cm³/mol. The summed E-state index contributed by atoms with van der Waals surface area (Å²) in [5.74, 6) is 1.18. The van der Waals surface area contributed by atoms with Crippen molar-refractivity contribution in [1.82, 2.24) is 9.97 Å². The summed E-state index contributed by atoms with van der Waals surface area (Å²) in [5, 5.41) is 6.60. The molecular weight excluding hydrogens is 310 g/mol. The van der Waals surface area contributed by atoms with Gasteiger partial charge in [0.05, 0.1) is 0 Å². The summed E-state index contributed by atoms with van der Waals surface area (Å²) >= 11 is 0. The zero-order valence-electron chi connectivity index (χ0n) is 15.0. The lowest BCUT2D eigenvalue weighted by Crippen LogP contribution is -2.06. The third-order valence-electron chi connectivity index (χ3n) is 4.01. The van der Waals surface area contributed by atoms with Crippen LogP contribution in [0.3, 0.4) is 0 Å². The molecule has 0 fully saturated rings. The van der Waals surface area contributed by atoms with Gasteiger partial charge in [-0.1, -0.05) is 18.2 Å². The molecule has 0 spiro atoms. The van der Waals surface area contributed by atoms with Crippen molar-refractivity contribution in [2.24, 2.45) is 0 Å². The van der Waals surface area contributed by atoms with Crippen molar-refractivity contribution in [1.29, 1.82) is 0 Å². The highest BCUT2D eigenvalue weighted by Gasteiger charge is 2.10. The molecule has 0 aliphatic heterocycles. The Morgan fingerprint density at radius 2 is 1.40 bits per heavy atom. The molecule has 0 atom stereocenters. The third-order valence-corrected chi connectivity index (χ3v) is 4.01. The fraction of sp³-hybridized carbons (Fsp3) is 0.200. The van der Waals surface area contributed by atoms with Crippen LogP contribution < -0.4 is 16.4 Å². The SMILES string of the molecule is Cc1cc(C)cc(Nc2ncnc(Nc3cc(C)ccc3C)c2N)c1. The summed E-state index contributed by atoms with van der Waals surface area (Å²) in [4.78, 5) is 8.58. The van der Waals surface area contributed by atoms with Crippen LogP contribution in [0, 0.1) is 27.7 Å². The predicted octanol–water partition coefficient (Wildman–Crippen LogP) is 4.78. The van der Waals surface area contributed by atoms with Gasteiger partial charge < -0.3 is 16.4 Å². The largest absolute Gasteiger partial charge is 0.393 e. The number of aromatic nitrogens is 2. The maximum atomic E-state index is 6.29. The van der Waals surface area contributed by atoms with E-state index in [1.165, 1.54) is 23.0 Å². The standard InChI is InChI=1S/C20H23N5/c1-12-5-6-15(4)17(10-12)25-20-18(21)19(22-11-23-20)24-16-8-13(2)7-14(3)9-16/h5-11H,21H2,1-4H3,(H2,22,23,24,25). The van der Waals surface area contributed by atoms with Crippen molar-refractivity contribution in [3.63, 3.8) is 0 Å². The highest BCUT2D eigenvalue weighted by Crippen LogP contribution is 2.30. The van der Waals surface area contributed by atoms with E-state index >= 15 is 0 Å². The van der Waals surface area contributed by atoms with Gasteiger partial charge in [-0.2, -0.15) is 0 Å². The molecule has 5 nitrogen and oxygen atoms in total. The molecule has 0 saturated heterocycles. The molecule has 0 bridgehead atoms. The number of aryl methyl sites for hydroxylation is 4. The number of hydrogen-bond acceptors (Lipinski definition) is 5. The molecule has 0 saturated carbocycles. The Bertz CT molecular complexity index is 898. The maximum Gasteiger partial charge on any atom is 0.159 e. The molecule has 4 N–H and O–H groups in total. The minimum Gasteiger partial charge on any atom is -0.393 e. The number of benzene rings is 2. The van der Waals surface area contributed by atoms with Crippen LogP contribution in [0.2, 0.25) is 0 Å². The minimum atomic E-state index is 0.488. The summed E-state index contributed by atoms with van der Waals surface area (Å²) in [7, 11) is 0. The molecule has 128 valence electrons. The average molecular weight is 333 g/mol. The maximum absolute atomic E-state index is 6.29. The van der Waals surface area contributed by atoms with E-state index in [1.54, 1.807) is 0 Å². The van der Waals surface area contributed by atoms with Gasteiger partial charge in [0.25, 0.3) is 0 Å². The topological polar surface area (TPSA) is 75.9 Å². The second-order valence-electron chi connectivity index (χ2n) is 6.43. The van der Waals surface area contributed by atoms with Gasteiger partial charge in [0.1, 0.15) is 12.0 Å². The third kappa shape index (κ3) is 3.88. The molecule has 3 rings (SSSR count). The lowest BCUT2D eigenvalue weighted by molar-refractivity contribution is 1.17. The Balaban J connectivity index is 1.90. The quantitative estimate of drug-likeness (QED) is 0.640. The van der Waals surface area contributed by atoms with Crippen molar-refractivity contribution in [3.8, 4) is 0 Å². The molecule has 1 heterocycles. The molecule has 3 aromatic rings. The van der Waals surface area contributed by atoms with E-state index in [1.807, 2.05) is 6.92 Å². The summed E-state index contributed by atoms with van der Waals surface area (Å²) < 4.78 is 0. The van der Waals surface area contributed by atoms with Gasteiger partial charge in [0, 0.05) is 11.4 Å². The highest BCUT2D eigenvalue weighted by atomic mass is 15.1. The van der Waals surface area contributed by atoms with Crippen LogP contribution in [0.15, 0.2) is 42.7 Å². The first-order valence-corrected chi connectivity index (χ1v) is 8.22. The first kappa shape index (κ1) is 16.8. The first-order chi connectivity index (χ1) is 11.9. The number of nitrogens with zero attached hydrogens (tertiary/aromatic N) is 2. The van der Waals surface area contributed by atoms with Crippen LogP contribution >= 0.6 is 0 Å². The first-order valence-electron chi connectivity index (χ1n) is 8.22. The van der Waals surface area contributed by atoms with Crippen LogP contribution in [0.25, 0.3) is 0 Å². The van der Waals surface area contributed by atoms with Gasteiger partial charge in [-0.05, 0) is 68.1 Å². The van der Waals surface area contributed by atoms with Gasteiger partial charge in [-0.15, -0.1) is 0 Å². The molecule has 2 aromatic carbocycles. The van der Waals surface area contributed by atoms with Gasteiger partial charge in [0.2, 0.25) is 0 Å². The second-order valence-corrected chi connectivity index (χ2v) is 6.43. The Hall–Kier alpha value is -3.08. The molecule has 25 heavy (non-hydrogen) atoms. The zero-order chi connectivity index (χ0) is 18.0. The van der Waals surface area contributed by atoms with Crippen LogP contribution in [0.4, 0.5) is 28.7 Å². The van der Waals surface area contributed by atoms with Crippen LogP contribution in [-0.2, 0) is 0 Å². The Morgan fingerprint density at radius 1 is 0.760 bits per heavy atom. The molecule has 1 aromatic heterocycles. The van der Waals surface area contributed by atoms with E-state index < -0.39 is 0 Å². The lowest BCUT2D eigenvalue weighted by atomic mass is 10.1. The van der Waals surface area contributed by atoms with E-state index in [4.69, 9.17) is 5.73 Å². The summed E-state index contributed by atoms with van der Waals surface area (Å²) in [5.41, 5.74) is 13.4. The van der Waals surface area contributed by atoms with Crippen molar-refractivity contribution in [2.45, 2.75) is 27.7 Å². The molecule has 0 aliphatic carbocycles. The lowest BCUT2D eigenvalue weighted by Gasteiger charge is -2.15. The van der Waals surface area contributed by atoms with Crippen LogP contribution in [-0.4, -0.2) is 9.97 Å². The van der Waals surface area contributed by atoms with Gasteiger partial charge in [-0.25, -0.2) is 9.97 Å². The number of nitrogens with one attached hydrogen (secondary N) is 2. The number of rotatable bonds is 4. The van der Waals surface area contributed by atoms with Crippen molar-refractivity contribution < 1.29 is 0 Å². The van der Waals surface area contributed by atoms with E-state index in [-0.39, 0.29) is 0 Å². The Morgan fingerprint density at radius 3 is 2.08 bits per heavy atom. The van der Waals surface area contributed by atoms with Crippen molar-refractivity contribution in [2.75, 3.05) is 16.4 Å². The fourth-order valence-electron chi connectivity index (χ4n) is 2.78. The van der Waals surface area contributed by atoms with E-state index in [0.29, 0.717) is 17.3 Å². The molecule has 0 amide bonds. The molecular formula is C20H23N5. The van der Waals surface area contributed by atoms with Gasteiger partial charge in [-0.3, -0.25) is 0 Å². The van der Waals surface area contributed by atoms with E-state index in [2.05, 4.69) is 77.8 Å². The van der Waals surface area contributed by atoms with Crippen molar-refractivity contribution >= 4 is 28.7 Å².